The number of nitrogens with one attached hydrogen (secondary N) is 1. The van der Waals surface area contributed by atoms with Crippen molar-refractivity contribution in [3.8, 4) is 5.75 Å². The fraction of sp³-hybridized carbons (Fsp3) is 0.250. The Bertz CT molecular complexity index is 1780. The second-order valence-corrected chi connectivity index (χ2v) is 12.0. The zero-order valence-electron chi connectivity index (χ0n) is 22.8. The Morgan fingerprint density at radius 2 is 1.59 bits per heavy atom. The molecule has 2 aliphatic carbocycles. The normalized spacial score (nSPS) is 29.4. The molecule has 3 fully saturated rings. The second kappa shape index (κ2) is 9.96. The van der Waals surface area contributed by atoms with E-state index in [0.29, 0.717) is 16.2 Å². The van der Waals surface area contributed by atoms with Gasteiger partial charge in [-0.1, -0.05) is 41.4 Å². The summed E-state index contributed by atoms with van der Waals surface area (Å²) in [5, 5.41) is 21.6. The summed E-state index contributed by atoms with van der Waals surface area (Å²) in [6, 6.07) is 15.2. The minimum Gasteiger partial charge on any atom is -0.505 e. The molecule has 2 aliphatic heterocycles. The number of carbonyl (C=O) groups excluding carboxylic acids is 4. The van der Waals surface area contributed by atoms with Gasteiger partial charge in [0.2, 0.25) is 0 Å². The lowest BCUT2D eigenvalue weighted by Crippen LogP contribution is -2.53. The van der Waals surface area contributed by atoms with Crippen molar-refractivity contribution >= 4 is 40.9 Å². The number of hydroxylamine groups is 2. The van der Waals surface area contributed by atoms with Crippen molar-refractivity contribution in [3.63, 3.8) is 0 Å². The molecule has 0 radical (unpaired) electrons. The molecule has 0 aromatic heterocycles. The number of nitrogens with zero attached hydrogens (tertiary/aromatic N) is 2. The molecule has 44 heavy (non-hydrogen) atoms. The van der Waals surface area contributed by atoms with Gasteiger partial charge in [-0.3, -0.25) is 29.8 Å². The van der Waals surface area contributed by atoms with Crippen LogP contribution in [0, 0.1) is 35.3 Å². The number of rotatable bonds is 4. The monoisotopic (exact) mass is 619 g/mol. The van der Waals surface area contributed by atoms with Gasteiger partial charge in [-0.15, -0.1) is 0 Å². The molecule has 0 bridgehead atoms. The van der Waals surface area contributed by atoms with E-state index in [4.69, 9.17) is 11.6 Å². The van der Waals surface area contributed by atoms with Crippen LogP contribution < -0.4 is 5.43 Å². The molecule has 6 atom stereocenters. The van der Waals surface area contributed by atoms with Crippen LogP contribution in [-0.2, 0) is 24.6 Å². The molecule has 0 unspecified atom stereocenters. The van der Waals surface area contributed by atoms with Crippen LogP contribution in [0.5, 0.6) is 5.75 Å². The Balaban J connectivity index is 1.47. The van der Waals surface area contributed by atoms with Gasteiger partial charge >= 0.3 is 0 Å². The maximum absolute atomic E-state index is 15.0. The van der Waals surface area contributed by atoms with E-state index in [1.54, 1.807) is 30.3 Å². The molecule has 4 amide bonds. The summed E-state index contributed by atoms with van der Waals surface area (Å²) in [5.41, 5.74) is 2.60. The number of phenolic OH excluding ortho intramolecular Hbond substituents is 1. The zero-order chi connectivity index (χ0) is 31.1. The number of hydrazine groups is 1. The van der Waals surface area contributed by atoms with Gasteiger partial charge in [0.05, 0.1) is 28.9 Å². The number of imide groups is 2. The highest BCUT2D eigenvalue weighted by atomic mass is 35.5. The predicted octanol–water partition coefficient (Wildman–Crippen LogP) is 4.70. The van der Waals surface area contributed by atoms with Crippen LogP contribution in [0.2, 0.25) is 5.02 Å². The molecule has 3 N–H and O–H groups in total. The van der Waals surface area contributed by atoms with Crippen LogP contribution in [0.4, 0.5) is 14.5 Å². The molecule has 12 heteroatoms. The van der Waals surface area contributed by atoms with Crippen LogP contribution in [-0.4, -0.2) is 44.0 Å². The molecule has 0 spiro atoms. The number of anilines is 1. The number of carbonyl (C=O) groups is 4. The molecule has 224 valence electrons. The first-order chi connectivity index (χ1) is 21.0. The number of fused-ring (bicyclic) bond motifs is 4. The second-order valence-electron chi connectivity index (χ2n) is 11.6. The third-order valence-electron chi connectivity index (χ3n) is 9.54. The number of hydrogen-bond acceptors (Lipinski definition) is 7. The number of halogens is 3. The fourth-order valence-electron chi connectivity index (χ4n) is 7.72. The molecule has 3 aromatic rings. The summed E-state index contributed by atoms with van der Waals surface area (Å²) in [5.74, 6) is -9.71. The third kappa shape index (κ3) is 3.85. The van der Waals surface area contributed by atoms with E-state index < -0.39 is 76.0 Å². The van der Waals surface area contributed by atoms with Gasteiger partial charge in [0.1, 0.15) is 5.82 Å². The van der Waals surface area contributed by atoms with Crippen molar-refractivity contribution < 1.29 is 38.3 Å². The first-order valence-electron chi connectivity index (χ1n) is 14.0. The Hall–Kier alpha value is -4.61. The van der Waals surface area contributed by atoms with Gasteiger partial charge in [0.15, 0.2) is 11.6 Å². The number of phenols is 1. The molecule has 1 saturated carbocycles. The standard InChI is InChI=1S/C32H24ClF2N3O6/c33-17-4-2-16(3-5-17)32-23(29(41)37(31(32)43)36-19-8-6-18(34)7-9-19)14-22-20(27(32)15-1-12-25(39)24(35)13-15)10-11-21-26(22)30(42)38(44)28(21)40/h1-10,12-13,21-23,26-27,36,39,44H,11,14H2/t21-,22+,23-,26-,27-,32+/m0/s1. The minimum absolute atomic E-state index is 0.0360. The van der Waals surface area contributed by atoms with Gasteiger partial charge in [-0.2, -0.15) is 10.1 Å². The van der Waals surface area contributed by atoms with E-state index in [-0.39, 0.29) is 29.2 Å². The van der Waals surface area contributed by atoms with Crippen LogP contribution in [0.1, 0.15) is 29.9 Å². The number of aromatic hydroxyl groups is 1. The molecule has 3 aromatic carbocycles. The number of amides is 4. The number of hydrogen-bond donors (Lipinski definition) is 3. The van der Waals surface area contributed by atoms with Crippen LogP contribution >= 0.6 is 11.6 Å². The predicted molar refractivity (Wildman–Crippen MR) is 151 cm³/mol. The quantitative estimate of drug-likeness (QED) is 0.220. The van der Waals surface area contributed by atoms with Crippen LogP contribution in [0.25, 0.3) is 0 Å². The van der Waals surface area contributed by atoms with Crippen molar-refractivity contribution in [1.29, 1.82) is 0 Å². The Kier molecular flexibility index (Phi) is 6.38. The van der Waals surface area contributed by atoms with E-state index in [1.807, 2.05) is 0 Å². The summed E-state index contributed by atoms with van der Waals surface area (Å²) in [6.07, 6.45) is 1.79. The molecule has 2 heterocycles. The maximum atomic E-state index is 15.0. The first-order valence-corrected chi connectivity index (χ1v) is 14.3. The van der Waals surface area contributed by atoms with Gasteiger partial charge in [0, 0.05) is 10.9 Å². The average Bonchev–Trinajstić information content (AvgIpc) is 3.36. The average molecular weight is 620 g/mol. The van der Waals surface area contributed by atoms with Crippen molar-refractivity contribution in [1.82, 2.24) is 10.1 Å². The number of allylic oxidation sites excluding steroid dienone is 2. The van der Waals surface area contributed by atoms with Gasteiger partial charge < -0.3 is 5.11 Å². The van der Waals surface area contributed by atoms with Crippen molar-refractivity contribution in [2.24, 2.45) is 23.7 Å². The maximum Gasteiger partial charge on any atom is 0.260 e. The highest BCUT2D eigenvalue weighted by Crippen LogP contribution is 2.64. The molecular formula is C32H24ClF2N3O6. The molecule has 2 saturated heterocycles. The lowest BCUT2D eigenvalue weighted by atomic mass is 9.49. The van der Waals surface area contributed by atoms with Crippen molar-refractivity contribution in [2.75, 3.05) is 5.43 Å². The van der Waals surface area contributed by atoms with Crippen molar-refractivity contribution in [3.05, 3.63) is 106 Å². The molecule has 4 aliphatic rings. The van der Waals surface area contributed by atoms with Crippen LogP contribution in [0.3, 0.4) is 0 Å². The fourth-order valence-corrected chi connectivity index (χ4v) is 7.84. The topological polar surface area (TPSA) is 127 Å². The molecule has 9 nitrogen and oxygen atoms in total. The lowest BCUT2D eigenvalue weighted by molar-refractivity contribution is -0.173. The largest absolute Gasteiger partial charge is 0.505 e. The highest BCUT2D eigenvalue weighted by Gasteiger charge is 2.70. The SMILES string of the molecule is O=C1[C@H]2[C@H](CC=C3[C@H]2C[C@H]2C(=O)N(Nc4ccc(F)cc4)C(=O)[C@@]2(c2ccc(Cl)cc2)[C@H]3c2ccc(O)c(F)c2)C(=O)N1O. The van der Waals surface area contributed by atoms with E-state index in [9.17, 15) is 33.9 Å². The summed E-state index contributed by atoms with van der Waals surface area (Å²) < 4.78 is 28.7. The van der Waals surface area contributed by atoms with Gasteiger partial charge in [0.25, 0.3) is 23.6 Å². The van der Waals surface area contributed by atoms with Gasteiger partial charge in [-0.25, -0.2) is 8.78 Å². The Morgan fingerprint density at radius 1 is 0.886 bits per heavy atom. The molecular weight excluding hydrogens is 596 g/mol. The van der Waals surface area contributed by atoms with E-state index >= 15 is 4.39 Å². The summed E-state index contributed by atoms with van der Waals surface area (Å²) in [6.45, 7) is 0. The first kappa shape index (κ1) is 28.2. The summed E-state index contributed by atoms with van der Waals surface area (Å²) in [7, 11) is 0. The van der Waals surface area contributed by atoms with E-state index in [1.165, 1.54) is 30.3 Å². The van der Waals surface area contributed by atoms with E-state index in [2.05, 4.69) is 5.43 Å². The smallest absolute Gasteiger partial charge is 0.260 e. The Labute approximate surface area is 254 Å². The Morgan fingerprint density at radius 3 is 2.27 bits per heavy atom. The molecule has 7 rings (SSSR count). The van der Waals surface area contributed by atoms with Gasteiger partial charge in [-0.05, 0) is 78.4 Å². The minimum atomic E-state index is -1.68. The lowest BCUT2D eigenvalue weighted by Gasteiger charge is -2.50. The number of benzene rings is 3. The summed E-state index contributed by atoms with van der Waals surface area (Å²) >= 11 is 6.22. The zero-order valence-corrected chi connectivity index (χ0v) is 23.5. The van der Waals surface area contributed by atoms with Crippen LogP contribution in [0.15, 0.2) is 78.4 Å². The highest BCUT2D eigenvalue weighted by molar-refractivity contribution is 6.30. The van der Waals surface area contributed by atoms with E-state index in [0.717, 1.165) is 17.1 Å². The third-order valence-corrected chi connectivity index (χ3v) is 9.79. The van der Waals surface area contributed by atoms with Crippen molar-refractivity contribution in [2.45, 2.75) is 24.2 Å². The summed E-state index contributed by atoms with van der Waals surface area (Å²) in [4.78, 5) is 55.2.